The molecule has 5 heteroatoms. The fourth-order valence-electron chi connectivity index (χ4n) is 3.14. The van der Waals surface area contributed by atoms with Gasteiger partial charge in [-0.05, 0) is 38.0 Å². The van der Waals surface area contributed by atoms with E-state index in [9.17, 15) is 9.59 Å². The standard InChI is InChI=1S/C23H30N2O2S/c1-4-21(23(27)24-5-2)25(17-19-11-9-10-18(3)16-19)22(26)14-15-28-20-12-7-6-8-13-20/h6-13,16,21H,4-5,14-15,17H2,1-3H3,(H,24,27). The Morgan fingerprint density at radius 2 is 1.82 bits per heavy atom. The number of carbonyl (C=O) groups excluding carboxylic acids is 2. The van der Waals surface area contributed by atoms with Crippen LogP contribution in [0, 0.1) is 6.92 Å². The van der Waals surface area contributed by atoms with E-state index in [4.69, 9.17) is 0 Å². The SMILES string of the molecule is CCNC(=O)C(CC)N(Cc1cccc(C)c1)C(=O)CCSc1ccccc1. The molecule has 0 saturated carbocycles. The number of hydrogen-bond donors (Lipinski definition) is 1. The molecule has 2 aromatic rings. The van der Waals surface area contributed by atoms with Crippen LogP contribution in [0.15, 0.2) is 59.5 Å². The second kappa shape index (κ2) is 11.5. The minimum absolute atomic E-state index is 0.0167. The van der Waals surface area contributed by atoms with Gasteiger partial charge in [0.15, 0.2) is 0 Å². The summed E-state index contributed by atoms with van der Waals surface area (Å²) >= 11 is 1.66. The van der Waals surface area contributed by atoms with Crippen LogP contribution < -0.4 is 5.32 Å². The molecule has 0 spiro atoms. The molecule has 1 N–H and O–H groups in total. The molecule has 2 aromatic carbocycles. The third-order valence-electron chi connectivity index (χ3n) is 4.50. The van der Waals surface area contributed by atoms with Crippen LogP contribution in [0.25, 0.3) is 0 Å². The highest BCUT2D eigenvalue weighted by Gasteiger charge is 2.28. The van der Waals surface area contributed by atoms with Gasteiger partial charge >= 0.3 is 0 Å². The normalized spacial score (nSPS) is 11.7. The monoisotopic (exact) mass is 398 g/mol. The zero-order chi connectivity index (χ0) is 20.4. The van der Waals surface area contributed by atoms with Crippen molar-refractivity contribution in [3.63, 3.8) is 0 Å². The average Bonchev–Trinajstić information content (AvgIpc) is 2.69. The van der Waals surface area contributed by atoms with Gasteiger partial charge in [0, 0.05) is 30.2 Å². The second-order valence-corrected chi connectivity index (χ2v) is 7.91. The van der Waals surface area contributed by atoms with E-state index in [-0.39, 0.29) is 11.8 Å². The van der Waals surface area contributed by atoms with E-state index in [1.165, 1.54) is 0 Å². The number of amides is 2. The van der Waals surface area contributed by atoms with Gasteiger partial charge in [-0.15, -0.1) is 11.8 Å². The smallest absolute Gasteiger partial charge is 0.242 e. The van der Waals surface area contributed by atoms with E-state index in [1.54, 1.807) is 16.7 Å². The number of carbonyl (C=O) groups is 2. The molecule has 1 atom stereocenters. The van der Waals surface area contributed by atoms with Gasteiger partial charge in [-0.2, -0.15) is 0 Å². The van der Waals surface area contributed by atoms with Crippen molar-refractivity contribution in [2.45, 2.75) is 51.1 Å². The first-order valence-electron chi connectivity index (χ1n) is 9.85. The molecule has 0 aliphatic carbocycles. The predicted molar refractivity (Wildman–Crippen MR) is 116 cm³/mol. The van der Waals surface area contributed by atoms with Gasteiger partial charge in [0.25, 0.3) is 0 Å². The van der Waals surface area contributed by atoms with Crippen molar-refractivity contribution in [1.82, 2.24) is 10.2 Å². The lowest BCUT2D eigenvalue weighted by molar-refractivity contribution is -0.141. The summed E-state index contributed by atoms with van der Waals surface area (Å²) < 4.78 is 0. The maximum Gasteiger partial charge on any atom is 0.242 e. The lowest BCUT2D eigenvalue weighted by Crippen LogP contribution is -2.49. The first-order valence-corrected chi connectivity index (χ1v) is 10.8. The molecule has 2 amide bonds. The van der Waals surface area contributed by atoms with Crippen LogP contribution in [0.5, 0.6) is 0 Å². The molecule has 0 aromatic heterocycles. The van der Waals surface area contributed by atoms with Crippen molar-refractivity contribution >= 4 is 23.6 Å². The maximum absolute atomic E-state index is 13.1. The molecule has 0 radical (unpaired) electrons. The Balaban J connectivity index is 2.11. The first-order chi connectivity index (χ1) is 13.5. The van der Waals surface area contributed by atoms with Crippen LogP contribution in [0.1, 0.15) is 37.8 Å². The van der Waals surface area contributed by atoms with Crippen molar-refractivity contribution in [3.05, 3.63) is 65.7 Å². The summed E-state index contributed by atoms with van der Waals surface area (Å²) in [6, 6.07) is 17.7. The molecule has 0 fully saturated rings. The zero-order valence-corrected chi connectivity index (χ0v) is 17.8. The van der Waals surface area contributed by atoms with Gasteiger partial charge in [-0.3, -0.25) is 9.59 Å². The maximum atomic E-state index is 13.1. The summed E-state index contributed by atoms with van der Waals surface area (Å²) in [4.78, 5) is 28.5. The van der Waals surface area contributed by atoms with Crippen molar-refractivity contribution in [3.8, 4) is 0 Å². The molecule has 150 valence electrons. The Morgan fingerprint density at radius 1 is 1.07 bits per heavy atom. The molecular weight excluding hydrogens is 368 g/mol. The molecule has 0 saturated heterocycles. The highest BCUT2D eigenvalue weighted by Crippen LogP contribution is 2.20. The van der Waals surface area contributed by atoms with Gasteiger partial charge in [-0.1, -0.05) is 55.0 Å². The van der Waals surface area contributed by atoms with E-state index in [2.05, 4.69) is 11.4 Å². The van der Waals surface area contributed by atoms with Crippen molar-refractivity contribution in [2.75, 3.05) is 12.3 Å². The van der Waals surface area contributed by atoms with Crippen LogP contribution in [0.3, 0.4) is 0 Å². The Labute approximate surface area is 172 Å². The van der Waals surface area contributed by atoms with E-state index in [1.807, 2.05) is 69.3 Å². The summed E-state index contributed by atoms with van der Waals surface area (Å²) in [6.07, 6.45) is 0.997. The topological polar surface area (TPSA) is 49.4 Å². The summed E-state index contributed by atoms with van der Waals surface area (Å²) in [6.45, 7) is 6.90. The van der Waals surface area contributed by atoms with Crippen molar-refractivity contribution in [1.29, 1.82) is 0 Å². The minimum Gasteiger partial charge on any atom is -0.355 e. The Kier molecular flexibility index (Phi) is 9.08. The summed E-state index contributed by atoms with van der Waals surface area (Å²) in [5.74, 6) is 0.628. The van der Waals surface area contributed by atoms with Crippen molar-refractivity contribution in [2.24, 2.45) is 0 Å². The molecule has 0 heterocycles. The number of hydrogen-bond acceptors (Lipinski definition) is 3. The number of aryl methyl sites for hydroxylation is 1. The number of likely N-dealkylation sites (N-methyl/N-ethyl adjacent to an activating group) is 1. The number of nitrogens with one attached hydrogen (secondary N) is 1. The van der Waals surface area contributed by atoms with E-state index >= 15 is 0 Å². The number of rotatable bonds is 10. The van der Waals surface area contributed by atoms with Gasteiger partial charge in [-0.25, -0.2) is 0 Å². The highest BCUT2D eigenvalue weighted by atomic mass is 32.2. The predicted octanol–water partition coefficient (Wildman–Crippen LogP) is 4.42. The third kappa shape index (κ3) is 6.71. The lowest BCUT2D eigenvalue weighted by atomic mass is 10.1. The van der Waals surface area contributed by atoms with Gasteiger partial charge in [0.1, 0.15) is 6.04 Å². The fraction of sp³-hybridized carbons (Fsp3) is 0.391. The van der Waals surface area contributed by atoms with Crippen LogP contribution in [0.4, 0.5) is 0 Å². The Hall–Kier alpha value is -2.27. The fourth-order valence-corrected chi connectivity index (χ4v) is 4.00. The van der Waals surface area contributed by atoms with Crippen LogP contribution in [-0.2, 0) is 16.1 Å². The van der Waals surface area contributed by atoms with Gasteiger partial charge in [0.2, 0.25) is 11.8 Å². The molecule has 4 nitrogen and oxygen atoms in total. The van der Waals surface area contributed by atoms with Gasteiger partial charge in [0.05, 0.1) is 0 Å². The summed E-state index contributed by atoms with van der Waals surface area (Å²) in [5.41, 5.74) is 2.20. The third-order valence-corrected chi connectivity index (χ3v) is 5.51. The van der Waals surface area contributed by atoms with Crippen LogP contribution in [0.2, 0.25) is 0 Å². The lowest BCUT2D eigenvalue weighted by Gasteiger charge is -2.30. The van der Waals surface area contributed by atoms with Crippen molar-refractivity contribution < 1.29 is 9.59 Å². The molecule has 0 aliphatic rings. The number of nitrogens with zero attached hydrogens (tertiary/aromatic N) is 1. The molecule has 0 aliphatic heterocycles. The molecule has 0 bridgehead atoms. The Bertz CT molecular complexity index is 764. The average molecular weight is 399 g/mol. The summed E-state index contributed by atoms with van der Waals surface area (Å²) in [5, 5.41) is 2.87. The van der Waals surface area contributed by atoms with Gasteiger partial charge < -0.3 is 10.2 Å². The molecule has 28 heavy (non-hydrogen) atoms. The molecule has 2 rings (SSSR count). The van der Waals surface area contributed by atoms with Crippen LogP contribution in [-0.4, -0.2) is 35.1 Å². The van der Waals surface area contributed by atoms with Crippen LogP contribution >= 0.6 is 11.8 Å². The highest BCUT2D eigenvalue weighted by molar-refractivity contribution is 7.99. The molecule has 1 unspecified atom stereocenters. The van der Waals surface area contributed by atoms with E-state index in [0.29, 0.717) is 31.7 Å². The summed E-state index contributed by atoms with van der Waals surface area (Å²) in [7, 11) is 0. The largest absolute Gasteiger partial charge is 0.355 e. The number of benzene rings is 2. The number of thioether (sulfide) groups is 1. The Morgan fingerprint density at radius 3 is 2.46 bits per heavy atom. The molecular formula is C23H30N2O2S. The zero-order valence-electron chi connectivity index (χ0n) is 17.0. The van der Waals surface area contributed by atoms with E-state index in [0.717, 1.165) is 16.0 Å². The second-order valence-electron chi connectivity index (χ2n) is 6.74. The minimum atomic E-state index is -0.449. The van der Waals surface area contributed by atoms with E-state index < -0.39 is 6.04 Å². The quantitative estimate of drug-likeness (QED) is 0.603. The first kappa shape index (κ1) is 22.0.